The number of likely N-dealkylation sites (N-methyl/N-ethyl adjacent to an activating group) is 1. The van der Waals surface area contributed by atoms with E-state index < -0.39 is 0 Å². The summed E-state index contributed by atoms with van der Waals surface area (Å²) in [6.45, 7) is 12.1. The zero-order valence-electron chi connectivity index (χ0n) is 12.4. The molecule has 0 aliphatic carbocycles. The number of nitrogens with zero attached hydrogens (tertiary/aromatic N) is 1. The van der Waals surface area contributed by atoms with Gasteiger partial charge in [-0.25, -0.2) is 0 Å². The summed E-state index contributed by atoms with van der Waals surface area (Å²) in [5.41, 5.74) is 0.0783. The molecule has 0 aromatic heterocycles. The minimum absolute atomic E-state index is 0.0783. The Balaban J connectivity index is 3.83. The van der Waals surface area contributed by atoms with Crippen molar-refractivity contribution in [2.24, 2.45) is 5.41 Å². The molecule has 0 fully saturated rings. The van der Waals surface area contributed by atoms with Crippen molar-refractivity contribution in [1.29, 1.82) is 0 Å². The van der Waals surface area contributed by atoms with Gasteiger partial charge in [-0.2, -0.15) is 0 Å². The van der Waals surface area contributed by atoms with E-state index in [0.29, 0.717) is 6.04 Å². The van der Waals surface area contributed by atoms with Gasteiger partial charge in [0.25, 0.3) is 0 Å². The van der Waals surface area contributed by atoms with E-state index in [-0.39, 0.29) is 12.0 Å². The lowest BCUT2D eigenvalue weighted by atomic mass is 9.83. The first kappa shape index (κ1) is 16.9. The molecule has 0 spiro atoms. The van der Waals surface area contributed by atoms with Crippen molar-refractivity contribution in [2.45, 2.75) is 53.0 Å². The van der Waals surface area contributed by atoms with Crippen LogP contribution in [-0.4, -0.2) is 49.3 Å². The van der Waals surface area contributed by atoms with Gasteiger partial charge >= 0.3 is 0 Å². The van der Waals surface area contributed by atoms with Gasteiger partial charge in [0.1, 0.15) is 0 Å². The SMILES string of the molecule is CCC(C)N(C)CCNCC(CC)(CC)CO. The quantitative estimate of drug-likeness (QED) is 0.578. The van der Waals surface area contributed by atoms with E-state index in [2.05, 4.69) is 45.0 Å². The Bertz CT molecular complexity index is 173. The minimum Gasteiger partial charge on any atom is -0.396 e. The molecule has 17 heavy (non-hydrogen) atoms. The summed E-state index contributed by atoms with van der Waals surface area (Å²) < 4.78 is 0. The van der Waals surface area contributed by atoms with Crippen LogP contribution in [0.1, 0.15) is 47.0 Å². The van der Waals surface area contributed by atoms with Crippen LogP contribution < -0.4 is 5.32 Å². The van der Waals surface area contributed by atoms with Crippen molar-refractivity contribution in [3.8, 4) is 0 Å². The van der Waals surface area contributed by atoms with Crippen molar-refractivity contribution < 1.29 is 5.11 Å². The third-order valence-corrected chi connectivity index (χ3v) is 4.32. The third kappa shape index (κ3) is 5.84. The Morgan fingerprint density at radius 3 is 2.24 bits per heavy atom. The van der Waals surface area contributed by atoms with E-state index in [1.54, 1.807) is 0 Å². The molecule has 0 radical (unpaired) electrons. The first-order valence-corrected chi connectivity index (χ1v) is 7.07. The zero-order chi connectivity index (χ0) is 13.3. The molecule has 3 heteroatoms. The normalized spacial score (nSPS) is 14.3. The lowest BCUT2D eigenvalue weighted by molar-refractivity contribution is 0.112. The molecule has 0 aromatic carbocycles. The van der Waals surface area contributed by atoms with Crippen LogP contribution in [0.3, 0.4) is 0 Å². The van der Waals surface area contributed by atoms with Crippen molar-refractivity contribution in [3.63, 3.8) is 0 Å². The zero-order valence-corrected chi connectivity index (χ0v) is 12.4. The summed E-state index contributed by atoms with van der Waals surface area (Å²) in [6, 6.07) is 0.650. The van der Waals surface area contributed by atoms with E-state index >= 15 is 0 Å². The molecule has 0 saturated carbocycles. The average Bonchev–Trinajstić information content (AvgIpc) is 2.38. The first-order valence-electron chi connectivity index (χ1n) is 7.07. The second kappa shape index (κ2) is 8.90. The Hall–Kier alpha value is -0.120. The summed E-state index contributed by atoms with van der Waals surface area (Å²) >= 11 is 0. The van der Waals surface area contributed by atoms with Gasteiger partial charge in [0.15, 0.2) is 0 Å². The molecule has 0 aromatic rings. The molecule has 104 valence electrons. The molecule has 0 heterocycles. The van der Waals surface area contributed by atoms with Gasteiger partial charge in [0.2, 0.25) is 0 Å². The van der Waals surface area contributed by atoms with Gasteiger partial charge < -0.3 is 15.3 Å². The van der Waals surface area contributed by atoms with Gasteiger partial charge in [-0.05, 0) is 33.2 Å². The highest BCUT2D eigenvalue weighted by molar-refractivity contribution is 4.78. The van der Waals surface area contributed by atoms with E-state index in [1.807, 2.05) is 0 Å². The molecule has 3 nitrogen and oxygen atoms in total. The van der Waals surface area contributed by atoms with E-state index in [0.717, 1.165) is 32.5 Å². The van der Waals surface area contributed by atoms with Crippen LogP contribution in [0.25, 0.3) is 0 Å². The van der Waals surface area contributed by atoms with Gasteiger partial charge in [0, 0.05) is 37.7 Å². The Kier molecular flexibility index (Phi) is 8.83. The maximum Gasteiger partial charge on any atom is 0.0499 e. The minimum atomic E-state index is 0.0783. The van der Waals surface area contributed by atoms with Crippen LogP contribution >= 0.6 is 0 Å². The number of nitrogens with one attached hydrogen (secondary N) is 1. The van der Waals surface area contributed by atoms with Crippen molar-refractivity contribution >= 4 is 0 Å². The van der Waals surface area contributed by atoms with E-state index in [1.165, 1.54) is 6.42 Å². The first-order chi connectivity index (χ1) is 8.05. The maximum atomic E-state index is 9.46. The monoisotopic (exact) mass is 244 g/mol. The second-order valence-electron chi connectivity index (χ2n) is 5.28. The molecule has 2 N–H and O–H groups in total. The van der Waals surface area contributed by atoms with Crippen molar-refractivity contribution in [3.05, 3.63) is 0 Å². The fourth-order valence-corrected chi connectivity index (χ4v) is 1.92. The number of aliphatic hydroxyl groups excluding tert-OH is 1. The van der Waals surface area contributed by atoms with Gasteiger partial charge in [0.05, 0.1) is 0 Å². The number of rotatable bonds is 10. The highest BCUT2D eigenvalue weighted by Crippen LogP contribution is 2.24. The molecular formula is C14H32N2O. The average molecular weight is 244 g/mol. The Morgan fingerprint density at radius 1 is 1.24 bits per heavy atom. The Labute approximate surface area is 108 Å². The highest BCUT2D eigenvalue weighted by Gasteiger charge is 2.24. The predicted molar refractivity (Wildman–Crippen MR) is 75.4 cm³/mol. The molecule has 1 unspecified atom stereocenters. The van der Waals surface area contributed by atoms with Crippen molar-refractivity contribution in [1.82, 2.24) is 10.2 Å². The fourth-order valence-electron chi connectivity index (χ4n) is 1.92. The molecule has 0 aliphatic heterocycles. The van der Waals surface area contributed by atoms with Crippen LogP contribution in [0.5, 0.6) is 0 Å². The summed E-state index contributed by atoms with van der Waals surface area (Å²) in [5.74, 6) is 0. The fraction of sp³-hybridized carbons (Fsp3) is 1.00. The lowest BCUT2D eigenvalue weighted by Crippen LogP contribution is -2.41. The van der Waals surface area contributed by atoms with Gasteiger partial charge in [-0.1, -0.05) is 20.8 Å². The van der Waals surface area contributed by atoms with E-state index in [4.69, 9.17) is 0 Å². The molecular weight excluding hydrogens is 212 g/mol. The van der Waals surface area contributed by atoms with Gasteiger partial charge in [-0.15, -0.1) is 0 Å². The molecule has 1 atom stereocenters. The Morgan fingerprint density at radius 2 is 1.82 bits per heavy atom. The standard InChI is InChI=1S/C14H32N2O/c1-6-13(4)16(5)10-9-15-11-14(7-2,8-3)12-17/h13,15,17H,6-12H2,1-5H3. The van der Waals surface area contributed by atoms with Crippen LogP contribution in [0, 0.1) is 5.41 Å². The summed E-state index contributed by atoms with van der Waals surface area (Å²) in [4.78, 5) is 2.38. The molecule has 0 rings (SSSR count). The van der Waals surface area contributed by atoms with Crippen LogP contribution in [0.15, 0.2) is 0 Å². The third-order valence-electron chi connectivity index (χ3n) is 4.32. The molecule has 0 saturated heterocycles. The smallest absolute Gasteiger partial charge is 0.0499 e. The topological polar surface area (TPSA) is 35.5 Å². The summed E-state index contributed by atoms with van der Waals surface area (Å²) in [7, 11) is 2.18. The number of hydrogen-bond donors (Lipinski definition) is 2. The summed E-state index contributed by atoms with van der Waals surface area (Å²) in [5, 5.41) is 12.9. The van der Waals surface area contributed by atoms with Crippen LogP contribution in [-0.2, 0) is 0 Å². The van der Waals surface area contributed by atoms with Gasteiger partial charge in [-0.3, -0.25) is 0 Å². The lowest BCUT2D eigenvalue weighted by Gasteiger charge is -2.30. The maximum absolute atomic E-state index is 9.46. The van der Waals surface area contributed by atoms with E-state index in [9.17, 15) is 5.11 Å². The van der Waals surface area contributed by atoms with Crippen molar-refractivity contribution in [2.75, 3.05) is 33.3 Å². The molecule has 0 amide bonds. The molecule has 0 bridgehead atoms. The summed E-state index contributed by atoms with van der Waals surface area (Å²) in [6.07, 6.45) is 3.27. The number of hydrogen-bond acceptors (Lipinski definition) is 3. The predicted octanol–water partition coefficient (Wildman–Crippen LogP) is 2.10. The highest BCUT2D eigenvalue weighted by atomic mass is 16.3. The largest absolute Gasteiger partial charge is 0.396 e. The van der Waals surface area contributed by atoms with Crippen LogP contribution in [0.4, 0.5) is 0 Å². The van der Waals surface area contributed by atoms with Crippen LogP contribution in [0.2, 0.25) is 0 Å². The second-order valence-corrected chi connectivity index (χ2v) is 5.28. The number of aliphatic hydroxyl groups is 1. The molecule has 0 aliphatic rings.